The van der Waals surface area contributed by atoms with Crippen molar-refractivity contribution in [3.8, 4) is 5.88 Å². The maximum Gasteiger partial charge on any atom is 0.241 e. The van der Waals surface area contributed by atoms with Crippen molar-refractivity contribution in [2.75, 3.05) is 12.3 Å². The highest BCUT2D eigenvalue weighted by molar-refractivity contribution is 6.28. The van der Waals surface area contributed by atoms with E-state index in [-0.39, 0.29) is 5.28 Å². The molecule has 4 nitrogen and oxygen atoms in total. The highest BCUT2D eigenvalue weighted by Crippen LogP contribution is 2.32. The molecule has 0 aromatic carbocycles. The Morgan fingerprint density at radius 1 is 1.47 bits per heavy atom. The number of hydrogen-bond acceptors (Lipinski definition) is 4. The first kappa shape index (κ1) is 10.5. The third-order valence-corrected chi connectivity index (χ3v) is 2.70. The molecule has 0 bridgehead atoms. The van der Waals surface area contributed by atoms with Crippen molar-refractivity contribution in [2.24, 2.45) is 5.92 Å². The van der Waals surface area contributed by atoms with E-state index in [0.717, 1.165) is 12.3 Å². The molecule has 1 aliphatic carbocycles. The van der Waals surface area contributed by atoms with Crippen molar-refractivity contribution in [1.82, 2.24) is 9.97 Å². The average molecular weight is 228 g/mol. The number of nitrogens with zero attached hydrogens (tertiary/aromatic N) is 2. The van der Waals surface area contributed by atoms with Gasteiger partial charge >= 0.3 is 0 Å². The molecule has 0 saturated heterocycles. The van der Waals surface area contributed by atoms with E-state index in [1.165, 1.54) is 12.8 Å². The minimum absolute atomic E-state index is 0.183. The Kier molecular flexibility index (Phi) is 2.95. The van der Waals surface area contributed by atoms with Crippen LogP contribution in [0.4, 0.5) is 5.69 Å². The molecule has 0 aliphatic heterocycles. The molecule has 5 heteroatoms. The average Bonchev–Trinajstić information content (AvgIpc) is 2.97. The Labute approximate surface area is 93.8 Å². The topological polar surface area (TPSA) is 61.0 Å². The summed E-state index contributed by atoms with van der Waals surface area (Å²) in [6, 6.07) is 0. The molecule has 2 rings (SSSR count). The normalized spacial score (nSPS) is 15.3. The van der Waals surface area contributed by atoms with Gasteiger partial charge in [-0.05, 0) is 30.9 Å². The second kappa shape index (κ2) is 4.23. The summed E-state index contributed by atoms with van der Waals surface area (Å²) in [6.07, 6.45) is 3.71. The van der Waals surface area contributed by atoms with Gasteiger partial charge in [0.25, 0.3) is 0 Å². The van der Waals surface area contributed by atoms with E-state index in [1.807, 2.05) is 0 Å². The number of aromatic nitrogens is 2. The van der Waals surface area contributed by atoms with Gasteiger partial charge in [-0.15, -0.1) is 0 Å². The quantitative estimate of drug-likeness (QED) is 0.802. The molecule has 1 heterocycles. The minimum Gasteiger partial charge on any atom is -0.476 e. The lowest BCUT2D eigenvalue weighted by molar-refractivity contribution is 0.292. The highest BCUT2D eigenvalue weighted by Gasteiger charge is 2.21. The third kappa shape index (κ3) is 2.72. The van der Waals surface area contributed by atoms with Crippen LogP contribution in [0.1, 0.15) is 25.0 Å². The van der Waals surface area contributed by atoms with Gasteiger partial charge in [-0.3, -0.25) is 0 Å². The molecule has 1 aromatic heterocycles. The molecule has 0 amide bonds. The maximum atomic E-state index is 5.78. The predicted molar refractivity (Wildman–Crippen MR) is 59.0 cm³/mol. The first-order valence-electron chi connectivity index (χ1n) is 5.09. The number of hydrogen-bond donors (Lipinski definition) is 1. The first-order chi connectivity index (χ1) is 7.16. The summed E-state index contributed by atoms with van der Waals surface area (Å²) in [5.74, 6) is 1.25. The van der Waals surface area contributed by atoms with Gasteiger partial charge in [0.2, 0.25) is 11.2 Å². The largest absolute Gasteiger partial charge is 0.476 e. The Bertz CT molecular complexity index is 366. The van der Waals surface area contributed by atoms with Crippen molar-refractivity contribution in [2.45, 2.75) is 26.2 Å². The number of nitrogen functional groups attached to an aromatic ring is 1. The molecule has 0 radical (unpaired) electrons. The summed E-state index contributed by atoms with van der Waals surface area (Å²) in [6.45, 7) is 2.44. The van der Waals surface area contributed by atoms with Crippen LogP contribution >= 0.6 is 11.6 Å². The fourth-order valence-corrected chi connectivity index (χ4v) is 1.56. The number of nitrogens with two attached hydrogens (primary N) is 1. The van der Waals surface area contributed by atoms with Crippen LogP contribution < -0.4 is 10.5 Å². The Balaban J connectivity index is 1.98. The van der Waals surface area contributed by atoms with E-state index < -0.39 is 0 Å². The summed E-state index contributed by atoms with van der Waals surface area (Å²) in [5, 5.41) is 0.183. The van der Waals surface area contributed by atoms with Gasteiger partial charge in [-0.2, -0.15) is 4.98 Å². The van der Waals surface area contributed by atoms with Gasteiger partial charge in [0.15, 0.2) is 0 Å². The van der Waals surface area contributed by atoms with Crippen LogP contribution in [0.2, 0.25) is 5.28 Å². The smallest absolute Gasteiger partial charge is 0.241 e. The molecule has 0 atom stereocenters. The summed E-state index contributed by atoms with van der Waals surface area (Å²) in [5.41, 5.74) is 6.92. The number of rotatable bonds is 4. The first-order valence-corrected chi connectivity index (χ1v) is 5.47. The molecule has 1 aliphatic rings. The summed E-state index contributed by atoms with van der Waals surface area (Å²) in [4.78, 5) is 7.90. The van der Waals surface area contributed by atoms with E-state index in [1.54, 1.807) is 6.92 Å². The monoisotopic (exact) mass is 227 g/mol. The number of halogens is 1. The maximum absolute atomic E-state index is 5.78. The molecule has 15 heavy (non-hydrogen) atoms. The Morgan fingerprint density at radius 3 is 2.87 bits per heavy atom. The summed E-state index contributed by atoms with van der Waals surface area (Å²) in [7, 11) is 0. The van der Waals surface area contributed by atoms with Gasteiger partial charge in [0.1, 0.15) is 5.69 Å². The van der Waals surface area contributed by atoms with Gasteiger partial charge in [-0.25, -0.2) is 4.98 Å². The Hall–Kier alpha value is -1.03. The number of aryl methyl sites for hydroxylation is 1. The van der Waals surface area contributed by atoms with Crippen molar-refractivity contribution in [1.29, 1.82) is 0 Å². The van der Waals surface area contributed by atoms with Crippen molar-refractivity contribution in [3.63, 3.8) is 0 Å². The van der Waals surface area contributed by atoms with Crippen molar-refractivity contribution in [3.05, 3.63) is 11.0 Å². The predicted octanol–water partition coefficient (Wildman–Crippen LogP) is 2.20. The molecule has 1 fully saturated rings. The van der Waals surface area contributed by atoms with Crippen molar-refractivity contribution < 1.29 is 4.74 Å². The van der Waals surface area contributed by atoms with E-state index >= 15 is 0 Å². The zero-order chi connectivity index (χ0) is 10.8. The summed E-state index contributed by atoms with van der Waals surface area (Å²) >= 11 is 5.72. The van der Waals surface area contributed by atoms with Gasteiger partial charge < -0.3 is 10.5 Å². The highest BCUT2D eigenvalue weighted by atomic mass is 35.5. The number of anilines is 1. The van der Waals surface area contributed by atoms with Gasteiger partial charge in [0.05, 0.1) is 12.3 Å². The van der Waals surface area contributed by atoms with Crippen LogP contribution in [0, 0.1) is 12.8 Å². The molecular weight excluding hydrogens is 214 g/mol. The van der Waals surface area contributed by atoms with Crippen LogP contribution in [0.15, 0.2) is 0 Å². The Morgan fingerprint density at radius 2 is 2.20 bits per heavy atom. The SMILES string of the molecule is Cc1nc(Cl)nc(OCCC2CC2)c1N. The lowest BCUT2D eigenvalue weighted by Crippen LogP contribution is -2.06. The van der Waals surface area contributed by atoms with Gasteiger partial charge in [0, 0.05) is 0 Å². The lowest BCUT2D eigenvalue weighted by Gasteiger charge is -2.08. The minimum atomic E-state index is 0.183. The van der Waals surface area contributed by atoms with Crippen LogP contribution in [0.25, 0.3) is 0 Å². The van der Waals surface area contributed by atoms with Crippen molar-refractivity contribution >= 4 is 17.3 Å². The molecule has 0 spiro atoms. The third-order valence-electron chi connectivity index (χ3n) is 2.54. The van der Waals surface area contributed by atoms with Gasteiger partial charge in [-0.1, -0.05) is 12.8 Å². The van der Waals surface area contributed by atoms with E-state index in [4.69, 9.17) is 22.1 Å². The molecule has 0 unspecified atom stereocenters. The molecular formula is C10H14ClN3O. The van der Waals surface area contributed by atoms with Crippen LogP contribution in [-0.2, 0) is 0 Å². The second-order valence-electron chi connectivity index (χ2n) is 3.88. The van der Waals surface area contributed by atoms with E-state index in [9.17, 15) is 0 Å². The molecule has 2 N–H and O–H groups in total. The second-order valence-corrected chi connectivity index (χ2v) is 4.22. The van der Waals surface area contributed by atoms with Crippen LogP contribution in [-0.4, -0.2) is 16.6 Å². The molecule has 1 aromatic rings. The fraction of sp³-hybridized carbons (Fsp3) is 0.600. The van der Waals surface area contributed by atoms with Crippen LogP contribution in [0.3, 0.4) is 0 Å². The van der Waals surface area contributed by atoms with E-state index in [2.05, 4.69) is 9.97 Å². The van der Waals surface area contributed by atoms with Crippen LogP contribution in [0.5, 0.6) is 5.88 Å². The fourth-order valence-electron chi connectivity index (χ4n) is 1.36. The zero-order valence-electron chi connectivity index (χ0n) is 8.66. The summed E-state index contributed by atoms with van der Waals surface area (Å²) < 4.78 is 5.49. The standard InChI is InChI=1S/C10H14ClN3O/c1-6-8(12)9(14-10(11)13-6)15-5-4-7-2-3-7/h7H,2-5,12H2,1H3. The lowest BCUT2D eigenvalue weighted by atomic mass is 10.3. The number of ether oxygens (including phenoxy) is 1. The molecule has 1 saturated carbocycles. The van der Waals surface area contributed by atoms with E-state index in [0.29, 0.717) is 23.9 Å². The zero-order valence-corrected chi connectivity index (χ0v) is 9.42. The molecule has 82 valence electrons.